The monoisotopic (exact) mass is 342 g/mol. The number of anilines is 1. The van der Waals surface area contributed by atoms with Gasteiger partial charge in [-0.25, -0.2) is 15.0 Å². The van der Waals surface area contributed by atoms with Gasteiger partial charge in [-0.1, -0.05) is 0 Å². The number of hydrogen-bond acceptors (Lipinski definition) is 6. The first-order chi connectivity index (χ1) is 12.3. The highest BCUT2D eigenvalue weighted by atomic mass is 16.5. The molecule has 8 nitrogen and oxygen atoms in total. The molecule has 0 saturated carbocycles. The third-order valence-electron chi connectivity index (χ3n) is 4.79. The maximum Gasteiger partial charge on any atom is 0.242 e. The van der Waals surface area contributed by atoms with Gasteiger partial charge in [-0.15, -0.1) is 0 Å². The highest BCUT2D eigenvalue weighted by molar-refractivity contribution is 5.76. The summed E-state index contributed by atoms with van der Waals surface area (Å²) in [5.41, 5.74) is 2.17. The first-order valence-electron chi connectivity index (χ1n) is 8.70. The Morgan fingerprint density at radius 1 is 1.32 bits per heavy atom. The molecule has 1 atom stereocenters. The molecule has 0 aromatic carbocycles. The van der Waals surface area contributed by atoms with E-state index >= 15 is 0 Å². The number of aromatic nitrogens is 4. The van der Waals surface area contributed by atoms with Crippen LogP contribution in [0.1, 0.15) is 17.7 Å². The topological polar surface area (TPSA) is 85.2 Å². The van der Waals surface area contributed by atoms with Crippen molar-refractivity contribution in [2.75, 3.05) is 31.6 Å². The Kier molecular flexibility index (Phi) is 4.60. The Labute approximate surface area is 146 Å². The van der Waals surface area contributed by atoms with Crippen molar-refractivity contribution >= 4 is 11.7 Å². The summed E-state index contributed by atoms with van der Waals surface area (Å²) in [5, 5.41) is 3.49. The number of imidazole rings is 1. The molecule has 1 amide bonds. The number of nitrogens with zero attached hydrogens (tertiary/aromatic N) is 5. The highest BCUT2D eigenvalue weighted by Gasteiger charge is 2.23. The van der Waals surface area contributed by atoms with Crippen molar-refractivity contribution in [3.63, 3.8) is 0 Å². The SMILES string of the molecule is O=C(Cn1ccnc1)N1CCc2ncnc(N[C@@H]3CCOC3)c2CC1. The van der Waals surface area contributed by atoms with Crippen molar-refractivity contribution in [3.8, 4) is 0 Å². The molecule has 2 aliphatic heterocycles. The van der Waals surface area contributed by atoms with Crippen molar-refractivity contribution < 1.29 is 9.53 Å². The number of ether oxygens (including phenoxy) is 1. The average Bonchev–Trinajstić information content (AvgIpc) is 3.26. The van der Waals surface area contributed by atoms with Crippen LogP contribution in [0.5, 0.6) is 0 Å². The summed E-state index contributed by atoms with van der Waals surface area (Å²) in [4.78, 5) is 27.3. The second kappa shape index (κ2) is 7.18. The zero-order valence-corrected chi connectivity index (χ0v) is 14.1. The number of nitrogens with one attached hydrogen (secondary N) is 1. The molecule has 132 valence electrons. The van der Waals surface area contributed by atoms with Gasteiger partial charge in [-0.3, -0.25) is 4.79 Å². The average molecular weight is 342 g/mol. The maximum atomic E-state index is 12.5. The third kappa shape index (κ3) is 3.63. The molecule has 1 saturated heterocycles. The molecule has 4 heterocycles. The van der Waals surface area contributed by atoms with Gasteiger partial charge in [-0.05, 0) is 12.8 Å². The Morgan fingerprint density at radius 3 is 3.04 bits per heavy atom. The fourth-order valence-electron chi connectivity index (χ4n) is 3.38. The van der Waals surface area contributed by atoms with Crippen LogP contribution in [0.2, 0.25) is 0 Å². The van der Waals surface area contributed by atoms with Crippen LogP contribution in [0.25, 0.3) is 0 Å². The van der Waals surface area contributed by atoms with E-state index in [-0.39, 0.29) is 5.91 Å². The van der Waals surface area contributed by atoms with Gasteiger partial charge in [-0.2, -0.15) is 0 Å². The summed E-state index contributed by atoms with van der Waals surface area (Å²) >= 11 is 0. The Morgan fingerprint density at radius 2 is 2.24 bits per heavy atom. The number of carbonyl (C=O) groups excluding carboxylic acids is 1. The van der Waals surface area contributed by atoms with Crippen LogP contribution in [-0.4, -0.2) is 62.7 Å². The van der Waals surface area contributed by atoms with Crippen LogP contribution >= 0.6 is 0 Å². The standard InChI is InChI=1S/C17H22N6O2/c24-16(9-22-7-4-18-12-22)23-5-1-14-15(2-6-23)19-11-20-17(14)21-13-3-8-25-10-13/h4,7,11-13H,1-3,5-6,8-10H2,(H,19,20,21)/t13-/m1/s1. The molecule has 1 fully saturated rings. The van der Waals surface area contributed by atoms with Gasteiger partial charge in [0.05, 0.1) is 24.7 Å². The van der Waals surface area contributed by atoms with E-state index in [1.54, 1.807) is 23.4 Å². The van der Waals surface area contributed by atoms with Crippen LogP contribution in [0.4, 0.5) is 5.82 Å². The smallest absolute Gasteiger partial charge is 0.242 e. The van der Waals surface area contributed by atoms with Crippen molar-refractivity contribution in [2.45, 2.75) is 31.8 Å². The highest BCUT2D eigenvalue weighted by Crippen LogP contribution is 2.22. The first-order valence-corrected chi connectivity index (χ1v) is 8.70. The fourth-order valence-corrected chi connectivity index (χ4v) is 3.38. The minimum Gasteiger partial charge on any atom is -0.379 e. The Hall–Kier alpha value is -2.48. The molecule has 1 N–H and O–H groups in total. The lowest BCUT2D eigenvalue weighted by Gasteiger charge is -2.20. The van der Waals surface area contributed by atoms with Gasteiger partial charge in [0.25, 0.3) is 0 Å². The lowest BCUT2D eigenvalue weighted by molar-refractivity contribution is -0.131. The van der Waals surface area contributed by atoms with E-state index in [4.69, 9.17) is 4.74 Å². The largest absolute Gasteiger partial charge is 0.379 e. The maximum absolute atomic E-state index is 12.5. The summed E-state index contributed by atoms with van der Waals surface area (Å²) in [6, 6.07) is 0.307. The quantitative estimate of drug-likeness (QED) is 0.871. The zero-order valence-electron chi connectivity index (χ0n) is 14.1. The summed E-state index contributed by atoms with van der Waals surface area (Å²) in [6.45, 7) is 3.20. The van der Waals surface area contributed by atoms with E-state index in [0.29, 0.717) is 32.3 Å². The summed E-state index contributed by atoms with van der Waals surface area (Å²) in [7, 11) is 0. The van der Waals surface area contributed by atoms with Crippen LogP contribution < -0.4 is 5.32 Å². The van der Waals surface area contributed by atoms with E-state index in [0.717, 1.165) is 42.9 Å². The van der Waals surface area contributed by atoms with E-state index in [1.807, 2.05) is 11.1 Å². The van der Waals surface area contributed by atoms with Crippen molar-refractivity contribution in [1.29, 1.82) is 0 Å². The molecule has 4 rings (SSSR count). The van der Waals surface area contributed by atoms with Gasteiger partial charge < -0.3 is 19.5 Å². The Balaban J connectivity index is 1.45. The first kappa shape index (κ1) is 16.0. The number of hydrogen-bond donors (Lipinski definition) is 1. The van der Waals surface area contributed by atoms with E-state index < -0.39 is 0 Å². The van der Waals surface area contributed by atoms with E-state index in [2.05, 4.69) is 20.3 Å². The van der Waals surface area contributed by atoms with E-state index in [9.17, 15) is 4.79 Å². The molecule has 0 spiro atoms. The minimum absolute atomic E-state index is 0.109. The predicted octanol–water partition coefficient (Wildman–Crippen LogP) is 0.501. The molecule has 0 aliphatic carbocycles. The van der Waals surface area contributed by atoms with E-state index in [1.165, 1.54) is 0 Å². The summed E-state index contributed by atoms with van der Waals surface area (Å²) in [5.74, 6) is 1.00. The van der Waals surface area contributed by atoms with Crippen molar-refractivity contribution in [3.05, 3.63) is 36.3 Å². The van der Waals surface area contributed by atoms with Gasteiger partial charge in [0.15, 0.2) is 0 Å². The Bertz CT molecular complexity index is 727. The van der Waals surface area contributed by atoms with Crippen LogP contribution in [0.3, 0.4) is 0 Å². The molecule has 0 radical (unpaired) electrons. The predicted molar refractivity (Wildman–Crippen MR) is 91.1 cm³/mol. The molecule has 2 aromatic rings. The lowest BCUT2D eigenvalue weighted by atomic mass is 10.1. The number of fused-ring (bicyclic) bond motifs is 1. The van der Waals surface area contributed by atoms with Gasteiger partial charge in [0.1, 0.15) is 18.7 Å². The van der Waals surface area contributed by atoms with Crippen LogP contribution in [-0.2, 0) is 28.9 Å². The van der Waals surface area contributed by atoms with Gasteiger partial charge in [0.2, 0.25) is 5.91 Å². The normalized spacial score (nSPS) is 20.2. The second-order valence-electron chi connectivity index (χ2n) is 6.47. The third-order valence-corrected chi connectivity index (χ3v) is 4.79. The molecular weight excluding hydrogens is 320 g/mol. The molecule has 8 heteroatoms. The van der Waals surface area contributed by atoms with Gasteiger partial charge in [0, 0.05) is 44.1 Å². The number of rotatable bonds is 4. The molecule has 0 unspecified atom stereocenters. The minimum atomic E-state index is 0.109. The molecular formula is C17H22N6O2. The van der Waals surface area contributed by atoms with Gasteiger partial charge >= 0.3 is 0 Å². The summed E-state index contributed by atoms with van der Waals surface area (Å²) in [6.07, 6.45) is 9.29. The molecule has 25 heavy (non-hydrogen) atoms. The zero-order chi connectivity index (χ0) is 17.1. The summed E-state index contributed by atoms with van der Waals surface area (Å²) < 4.78 is 7.23. The van der Waals surface area contributed by atoms with Crippen LogP contribution in [0.15, 0.2) is 25.0 Å². The van der Waals surface area contributed by atoms with Crippen LogP contribution in [0, 0.1) is 0 Å². The fraction of sp³-hybridized carbons (Fsp3) is 0.529. The molecule has 0 bridgehead atoms. The van der Waals surface area contributed by atoms with Crippen molar-refractivity contribution in [1.82, 2.24) is 24.4 Å². The number of carbonyl (C=O) groups is 1. The number of amides is 1. The molecule has 2 aliphatic rings. The lowest BCUT2D eigenvalue weighted by Crippen LogP contribution is -2.35. The molecule has 2 aromatic heterocycles. The second-order valence-corrected chi connectivity index (χ2v) is 6.47. The van der Waals surface area contributed by atoms with Crippen molar-refractivity contribution in [2.24, 2.45) is 0 Å².